The summed E-state index contributed by atoms with van der Waals surface area (Å²) in [5.41, 5.74) is 2.54. The van der Waals surface area contributed by atoms with Gasteiger partial charge in [0.15, 0.2) is 16.6 Å². The van der Waals surface area contributed by atoms with Crippen molar-refractivity contribution in [1.29, 1.82) is 0 Å². The summed E-state index contributed by atoms with van der Waals surface area (Å²) in [4.78, 5) is 0. The molecule has 1 aromatic rings. The molecule has 3 saturated carbocycles. The average molecular weight is 491 g/mol. The molecule has 8 unspecified atom stereocenters. The van der Waals surface area contributed by atoms with Crippen molar-refractivity contribution in [1.82, 2.24) is 10.3 Å². The number of nitrogens with zero attached hydrogens (tertiary/aromatic N) is 2. The molecule has 4 aliphatic rings. The Balaban J connectivity index is 1.50. The van der Waals surface area contributed by atoms with Crippen molar-refractivity contribution in [2.75, 3.05) is 0 Å². The van der Waals surface area contributed by atoms with Crippen LogP contribution in [0.1, 0.15) is 64.3 Å². The van der Waals surface area contributed by atoms with Crippen LogP contribution in [-0.4, -0.2) is 38.7 Å². The quantitative estimate of drug-likeness (QED) is 0.453. The number of rotatable bonds is 4. The van der Waals surface area contributed by atoms with Gasteiger partial charge < -0.3 is 8.85 Å². The molecule has 0 radical (unpaired) electrons. The van der Waals surface area contributed by atoms with Gasteiger partial charge in [-0.05, 0) is 114 Å². The van der Waals surface area contributed by atoms with Crippen molar-refractivity contribution >= 4 is 16.6 Å². The van der Waals surface area contributed by atoms with E-state index in [4.69, 9.17) is 13.5 Å². The van der Waals surface area contributed by atoms with Gasteiger partial charge in [-0.3, -0.25) is 0 Å². The Hall–Kier alpha value is -0.506. The lowest BCUT2D eigenvalue weighted by atomic mass is 9.44. The monoisotopic (exact) mass is 490 g/mol. The Morgan fingerprint density at radius 1 is 0.879 bits per heavy atom. The van der Waals surface area contributed by atoms with Crippen LogP contribution in [0.4, 0.5) is 0 Å². The Morgan fingerprint density at radius 2 is 1.58 bits per heavy atom. The van der Waals surface area contributed by atoms with Crippen molar-refractivity contribution < 1.29 is 13.5 Å². The van der Waals surface area contributed by atoms with Gasteiger partial charge in [0.2, 0.25) is 0 Å². The van der Waals surface area contributed by atoms with Crippen LogP contribution in [-0.2, 0) is 21.7 Å². The molecule has 0 amide bonds. The fourth-order valence-corrected chi connectivity index (χ4v) is 11.7. The zero-order chi connectivity index (χ0) is 24.0. The van der Waals surface area contributed by atoms with Crippen LogP contribution in [0.25, 0.3) is 0 Å². The van der Waals surface area contributed by atoms with Crippen LogP contribution in [0.15, 0.2) is 4.63 Å². The Morgan fingerprint density at radius 3 is 2.24 bits per heavy atom. The van der Waals surface area contributed by atoms with E-state index in [1.807, 2.05) is 0 Å². The number of hydrogen-bond donors (Lipinski definition) is 0. The lowest BCUT2D eigenvalue weighted by Gasteiger charge is -2.61. The standard InChI is InChI=1S/C26H46N2O3Si2/c1-24-16-22-21(27-31-28-22)14-17(24)10-11-18-19(24)12-13-25(2)20(18)15-23(29-32(4,5)6)26(25,3)30-33(7,8)9/h17-20,23H,10-16H2,1-9H3. The smallest absolute Gasteiger partial charge is 0.184 e. The maximum absolute atomic E-state index is 7.17. The van der Waals surface area contributed by atoms with Crippen LogP contribution in [0.3, 0.4) is 0 Å². The highest BCUT2D eigenvalue weighted by Gasteiger charge is 2.68. The number of aromatic nitrogens is 2. The van der Waals surface area contributed by atoms with Crippen molar-refractivity contribution in [3.8, 4) is 0 Å². The molecule has 3 fully saturated rings. The molecule has 0 spiro atoms. The molecule has 7 heteroatoms. The summed E-state index contributed by atoms with van der Waals surface area (Å²) in [5.74, 6) is 2.89. The van der Waals surface area contributed by atoms with Crippen LogP contribution >= 0.6 is 0 Å². The molecule has 1 heterocycles. The largest absolute Gasteiger partial charge is 0.412 e. The van der Waals surface area contributed by atoms with Crippen LogP contribution in [0.2, 0.25) is 39.3 Å². The van der Waals surface area contributed by atoms with Gasteiger partial charge in [0.1, 0.15) is 11.4 Å². The Kier molecular flexibility index (Phi) is 5.50. The van der Waals surface area contributed by atoms with Crippen LogP contribution in [0, 0.1) is 34.5 Å². The van der Waals surface area contributed by atoms with E-state index in [-0.39, 0.29) is 17.1 Å². The summed E-state index contributed by atoms with van der Waals surface area (Å²) < 4.78 is 19.3. The number of hydrogen-bond acceptors (Lipinski definition) is 5. The van der Waals surface area contributed by atoms with Gasteiger partial charge >= 0.3 is 0 Å². The van der Waals surface area contributed by atoms with Gasteiger partial charge in [0, 0.05) is 11.8 Å². The van der Waals surface area contributed by atoms with E-state index in [0.717, 1.165) is 36.1 Å². The van der Waals surface area contributed by atoms with Crippen molar-refractivity contribution in [3.63, 3.8) is 0 Å². The van der Waals surface area contributed by atoms with E-state index in [1.165, 1.54) is 32.1 Å². The summed E-state index contributed by atoms with van der Waals surface area (Å²) in [7, 11) is -3.44. The van der Waals surface area contributed by atoms with E-state index < -0.39 is 16.6 Å². The van der Waals surface area contributed by atoms with Gasteiger partial charge in [0.05, 0.1) is 11.7 Å². The molecular formula is C26H46N2O3Si2. The molecule has 33 heavy (non-hydrogen) atoms. The van der Waals surface area contributed by atoms with E-state index in [9.17, 15) is 0 Å². The van der Waals surface area contributed by atoms with Crippen molar-refractivity contribution in [2.24, 2.45) is 34.5 Å². The highest BCUT2D eigenvalue weighted by Crippen LogP contribution is 2.69. The fourth-order valence-electron chi connectivity index (χ4n) is 8.85. The third kappa shape index (κ3) is 3.75. The van der Waals surface area contributed by atoms with Gasteiger partial charge in [0.25, 0.3) is 0 Å². The molecule has 8 atom stereocenters. The minimum atomic E-state index is -1.74. The predicted molar refractivity (Wildman–Crippen MR) is 136 cm³/mol. The Labute approximate surface area is 203 Å². The van der Waals surface area contributed by atoms with Crippen molar-refractivity contribution in [2.45, 2.75) is 117 Å². The maximum Gasteiger partial charge on any atom is 0.184 e. The van der Waals surface area contributed by atoms with Crippen molar-refractivity contribution in [3.05, 3.63) is 11.4 Å². The molecule has 5 nitrogen and oxygen atoms in total. The summed E-state index contributed by atoms with van der Waals surface area (Å²) >= 11 is 0. The molecule has 0 aromatic carbocycles. The number of fused-ring (bicyclic) bond motifs is 6. The zero-order valence-electron chi connectivity index (χ0n) is 22.5. The first-order valence-electron chi connectivity index (χ1n) is 13.3. The lowest BCUT2D eigenvalue weighted by Crippen LogP contribution is -2.60. The van der Waals surface area contributed by atoms with E-state index in [0.29, 0.717) is 17.3 Å². The summed E-state index contributed by atoms with van der Waals surface area (Å²) in [5, 5.41) is 8.54. The molecule has 0 aliphatic heterocycles. The highest BCUT2D eigenvalue weighted by molar-refractivity contribution is 6.70. The second-order valence-electron chi connectivity index (χ2n) is 14.4. The first-order valence-corrected chi connectivity index (χ1v) is 20.2. The Bertz CT molecular complexity index is 908. The zero-order valence-corrected chi connectivity index (χ0v) is 24.5. The average Bonchev–Trinajstić information content (AvgIpc) is 3.18. The molecule has 0 N–H and O–H groups in total. The highest BCUT2D eigenvalue weighted by atomic mass is 28.4. The molecule has 4 aliphatic carbocycles. The van der Waals surface area contributed by atoms with Crippen LogP contribution < -0.4 is 0 Å². The summed E-state index contributed by atoms with van der Waals surface area (Å²) in [6.45, 7) is 21.6. The second-order valence-corrected chi connectivity index (χ2v) is 23.3. The first-order chi connectivity index (χ1) is 15.2. The minimum Gasteiger partial charge on any atom is -0.412 e. The molecule has 5 rings (SSSR count). The minimum absolute atomic E-state index is 0.178. The summed E-state index contributed by atoms with van der Waals surface area (Å²) in [6, 6.07) is 0. The van der Waals surface area contributed by atoms with Gasteiger partial charge in [-0.2, -0.15) is 0 Å². The van der Waals surface area contributed by atoms with E-state index in [2.05, 4.69) is 70.4 Å². The molecular weight excluding hydrogens is 444 g/mol. The molecule has 0 bridgehead atoms. The van der Waals surface area contributed by atoms with E-state index >= 15 is 0 Å². The normalized spacial score (nSPS) is 45.2. The first kappa shape index (κ1) is 24.2. The third-order valence-corrected chi connectivity index (χ3v) is 12.3. The van der Waals surface area contributed by atoms with Gasteiger partial charge in [-0.15, -0.1) is 0 Å². The molecule has 0 saturated heterocycles. The van der Waals surface area contributed by atoms with Crippen LogP contribution in [0.5, 0.6) is 0 Å². The fraction of sp³-hybridized carbons (Fsp3) is 0.923. The molecule has 1 aromatic heterocycles. The SMILES string of the molecule is CC12Cc3nonc3CC1CCC1C2CCC2(C)C1CC(O[Si](C)(C)C)C2(C)O[Si](C)(C)C. The summed E-state index contributed by atoms with van der Waals surface area (Å²) in [6.07, 6.45) is 8.67. The predicted octanol–water partition coefficient (Wildman–Crippen LogP) is 6.47. The second kappa shape index (κ2) is 7.50. The maximum atomic E-state index is 7.17. The van der Waals surface area contributed by atoms with Gasteiger partial charge in [-0.1, -0.05) is 24.2 Å². The third-order valence-electron chi connectivity index (χ3n) is 10.3. The van der Waals surface area contributed by atoms with Gasteiger partial charge in [-0.25, -0.2) is 4.63 Å². The topological polar surface area (TPSA) is 57.4 Å². The lowest BCUT2D eigenvalue weighted by molar-refractivity contribution is -0.145. The molecule has 186 valence electrons. The van der Waals surface area contributed by atoms with E-state index in [1.54, 1.807) is 0 Å².